The van der Waals surface area contributed by atoms with Gasteiger partial charge in [-0.15, -0.1) is 0 Å². The predicted octanol–water partition coefficient (Wildman–Crippen LogP) is 3.45. The summed E-state index contributed by atoms with van der Waals surface area (Å²) in [5.74, 6) is -2.57. The Hall–Kier alpha value is -1.59. The molecule has 0 fully saturated rings. The van der Waals surface area contributed by atoms with Crippen molar-refractivity contribution in [1.82, 2.24) is 0 Å². The molecule has 1 aromatic carbocycles. The summed E-state index contributed by atoms with van der Waals surface area (Å²) in [6, 6.07) is 1.51. The summed E-state index contributed by atoms with van der Waals surface area (Å²) in [5.41, 5.74) is -2.13. The van der Waals surface area contributed by atoms with Crippen molar-refractivity contribution in [2.45, 2.75) is 20.0 Å². The van der Waals surface area contributed by atoms with E-state index in [-0.39, 0.29) is 12.4 Å². The molecule has 0 aliphatic rings. The van der Waals surface area contributed by atoms with E-state index in [4.69, 9.17) is 4.74 Å². The minimum absolute atomic E-state index is 0.130. The minimum atomic E-state index is -4.83. The van der Waals surface area contributed by atoms with Gasteiger partial charge in [-0.2, -0.15) is 13.2 Å². The zero-order valence-corrected chi connectivity index (χ0v) is 9.19. The first-order valence-electron chi connectivity index (χ1n) is 4.82. The van der Waals surface area contributed by atoms with Crippen LogP contribution in [0.2, 0.25) is 0 Å². The highest BCUT2D eigenvalue weighted by molar-refractivity contribution is 5.97. The van der Waals surface area contributed by atoms with E-state index in [1.807, 2.05) is 0 Å². The van der Waals surface area contributed by atoms with E-state index in [1.165, 1.54) is 0 Å². The van der Waals surface area contributed by atoms with Crippen molar-refractivity contribution in [3.63, 3.8) is 0 Å². The van der Waals surface area contributed by atoms with E-state index in [0.29, 0.717) is 6.07 Å². The van der Waals surface area contributed by atoms with E-state index in [9.17, 15) is 22.4 Å². The van der Waals surface area contributed by atoms with Gasteiger partial charge in [0.2, 0.25) is 0 Å². The molecule has 0 amide bonds. The number of benzene rings is 1. The maximum Gasteiger partial charge on any atom is 0.419 e. The van der Waals surface area contributed by atoms with Crippen LogP contribution in [0.4, 0.5) is 17.6 Å². The van der Waals surface area contributed by atoms with Gasteiger partial charge >= 0.3 is 6.18 Å². The molecule has 1 aromatic rings. The molecule has 1 rings (SSSR count). The average Bonchev–Trinajstić information content (AvgIpc) is 2.15. The van der Waals surface area contributed by atoms with Gasteiger partial charge in [0, 0.05) is 0 Å². The molecule has 94 valence electrons. The highest BCUT2D eigenvalue weighted by Crippen LogP contribution is 2.35. The van der Waals surface area contributed by atoms with Crippen LogP contribution in [0.3, 0.4) is 0 Å². The molecule has 2 nitrogen and oxygen atoms in total. The first-order chi connectivity index (χ1) is 7.79. The van der Waals surface area contributed by atoms with Gasteiger partial charge in [-0.05, 0) is 26.0 Å². The lowest BCUT2D eigenvalue weighted by Crippen LogP contribution is -2.13. The molecular formula is C11H10F4O2. The summed E-state index contributed by atoms with van der Waals surface area (Å²) in [7, 11) is 0. The molecule has 0 aliphatic heterocycles. The maximum absolute atomic E-state index is 13.6. The fourth-order valence-electron chi connectivity index (χ4n) is 1.38. The molecule has 0 atom stereocenters. The molecule has 0 unspecified atom stereocenters. The second kappa shape index (κ2) is 4.73. The summed E-state index contributed by atoms with van der Waals surface area (Å²) in [5, 5.41) is 0. The summed E-state index contributed by atoms with van der Waals surface area (Å²) in [6.45, 7) is 2.70. The fourth-order valence-corrected chi connectivity index (χ4v) is 1.38. The van der Waals surface area contributed by atoms with E-state index in [0.717, 1.165) is 13.0 Å². The van der Waals surface area contributed by atoms with E-state index in [2.05, 4.69) is 0 Å². The normalized spacial score (nSPS) is 11.4. The van der Waals surface area contributed by atoms with Crippen LogP contribution in [0.25, 0.3) is 0 Å². The van der Waals surface area contributed by atoms with Crippen LogP contribution in [-0.2, 0) is 6.18 Å². The van der Waals surface area contributed by atoms with Crippen LogP contribution in [-0.4, -0.2) is 12.4 Å². The molecule has 0 bridgehead atoms. The average molecular weight is 250 g/mol. The third-order valence-electron chi connectivity index (χ3n) is 2.06. The zero-order chi connectivity index (χ0) is 13.2. The van der Waals surface area contributed by atoms with Crippen molar-refractivity contribution >= 4 is 5.78 Å². The minimum Gasteiger partial charge on any atom is -0.493 e. The first kappa shape index (κ1) is 13.5. The number of hydrogen-bond acceptors (Lipinski definition) is 2. The lowest BCUT2D eigenvalue weighted by Gasteiger charge is -2.13. The Morgan fingerprint density at radius 3 is 2.35 bits per heavy atom. The summed E-state index contributed by atoms with van der Waals surface area (Å²) in [4.78, 5) is 11.2. The molecule has 6 heteroatoms. The Kier molecular flexibility index (Phi) is 3.75. The molecule has 0 radical (unpaired) electrons. The molecule has 17 heavy (non-hydrogen) atoms. The number of ketones is 1. The highest BCUT2D eigenvalue weighted by Gasteiger charge is 2.36. The van der Waals surface area contributed by atoms with Crippen LogP contribution in [0, 0.1) is 5.82 Å². The molecule has 0 saturated carbocycles. The largest absolute Gasteiger partial charge is 0.493 e. The predicted molar refractivity (Wildman–Crippen MR) is 52.6 cm³/mol. The molecule has 0 aromatic heterocycles. The van der Waals surface area contributed by atoms with Crippen molar-refractivity contribution < 1.29 is 27.1 Å². The van der Waals surface area contributed by atoms with Crippen molar-refractivity contribution in [2.75, 3.05) is 6.61 Å². The van der Waals surface area contributed by atoms with Gasteiger partial charge in [-0.25, -0.2) is 4.39 Å². The summed E-state index contributed by atoms with van der Waals surface area (Å²) >= 11 is 0. The second-order valence-electron chi connectivity index (χ2n) is 3.29. The molecular weight excluding hydrogens is 240 g/mol. The molecule has 0 saturated heterocycles. The van der Waals surface area contributed by atoms with Gasteiger partial charge in [0.15, 0.2) is 5.78 Å². The third-order valence-corrected chi connectivity index (χ3v) is 2.06. The Labute approximate surface area is 95.2 Å². The molecule has 0 spiro atoms. The standard InChI is InChI=1S/C11H10F4O2/c1-3-17-8-5-4-7(11(13,14)15)10(12)9(8)6(2)16/h4-5H,3H2,1-2H3. The number of rotatable bonds is 3. The number of Topliss-reactive ketones (excluding diaryl/α,β-unsaturated/α-hetero) is 1. The summed E-state index contributed by atoms with van der Waals surface area (Å²) < 4.78 is 55.8. The number of halogens is 4. The lowest BCUT2D eigenvalue weighted by atomic mass is 10.0. The summed E-state index contributed by atoms with van der Waals surface area (Å²) in [6.07, 6.45) is -4.83. The van der Waals surface area contributed by atoms with Crippen molar-refractivity contribution in [3.8, 4) is 5.75 Å². The monoisotopic (exact) mass is 250 g/mol. The quantitative estimate of drug-likeness (QED) is 0.606. The van der Waals surface area contributed by atoms with Crippen LogP contribution < -0.4 is 4.74 Å². The number of carbonyl (C=O) groups excluding carboxylic acids is 1. The van der Waals surface area contributed by atoms with Gasteiger partial charge in [-0.1, -0.05) is 0 Å². The number of hydrogen-bond donors (Lipinski definition) is 0. The SMILES string of the molecule is CCOc1ccc(C(F)(F)F)c(F)c1C(C)=O. The van der Waals surface area contributed by atoms with Crippen LogP contribution in [0.1, 0.15) is 29.8 Å². The lowest BCUT2D eigenvalue weighted by molar-refractivity contribution is -0.140. The van der Waals surface area contributed by atoms with Crippen molar-refractivity contribution in [1.29, 1.82) is 0 Å². The van der Waals surface area contributed by atoms with E-state index >= 15 is 0 Å². The van der Waals surface area contributed by atoms with Crippen LogP contribution in [0.15, 0.2) is 12.1 Å². The Balaban J connectivity index is 3.44. The van der Waals surface area contributed by atoms with Gasteiger partial charge in [-0.3, -0.25) is 4.79 Å². The van der Waals surface area contributed by atoms with Gasteiger partial charge < -0.3 is 4.74 Å². The van der Waals surface area contributed by atoms with Gasteiger partial charge in [0.25, 0.3) is 0 Å². The van der Waals surface area contributed by atoms with Crippen molar-refractivity contribution in [3.05, 3.63) is 29.1 Å². The zero-order valence-electron chi connectivity index (χ0n) is 9.19. The maximum atomic E-state index is 13.6. The van der Waals surface area contributed by atoms with E-state index < -0.39 is 28.9 Å². The smallest absolute Gasteiger partial charge is 0.419 e. The molecule has 0 aliphatic carbocycles. The second-order valence-corrected chi connectivity index (χ2v) is 3.29. The van der Waals surface area contributed by atoms with Gasteiger partial charge in [0.05, 0.1) is 17.7 Å². The first-order valence-corrected chi connectivity index (χ1v) is 4.82. The topological polar surface area (TPSA) is 26.3 Å². The Bertz CT molecular complexity index is 438. The van der Waals surface area contributed by atoms with Crippen molar-refractivity contribution in [2.24, 2.45) is 0 Å². The molecule has 0 N–H and O–H groups in total. The highest BCUT2D eigenvalue weighted by atomic mass is 19.4. The Morgan fingerprint density at radius 2 is 1.94 bits per heavy atom. The van der Waals surface area contributed by atoms with Crippen LogP contribution >= 0.6 is 0 Å². The van der Waals surface area contributed by atoms with Crippen LogP contribution in [0.5, 0.6) is 5.75 Å². The number of carbonyl (C=O) groups is 1. The van der Waals surface area contributed by atoms with E-state index in [1.54, 1.807) is 6.92 Å². The third kappa shape index (κ3) is 2.75. The number of alkyl halides is 3. The van der Waals surface area contributed by atoms with Gasteiger partial charge in [0.1, 0.15) is 11.6 Å². The Morgan fingerprint density at radius 1 is 1.35 bits per heavy atom. The number of ether oxygens (including phenoxy) is 1. The molecule has 0 heterocycles. The fraction of sp³-hybridized carbons (Fsp3) is 0.364.